The van der Waals surface area contributed by atoms with E-state index in [2.05, 4.69) is 25.7 Å². The lowest BCUT2D eigenvalue weighted by molar-refractivity contribution is 0.177. The van der Waals surface area contributed by atoms with Crippen LogP contribution >= 0.6 is 35.6 Å². The van der Waals surface area contributed by atoms with Gasteiger partial charge in [-0.1, -0.05) is 11.6 Å². The van der Waals surface area contributed by atoms with Crippen molar-refractivity contribution in [3.63, 3.8) is 0 Å². The summed E-state index contributed by atoms with van der Waals surface area (Å²) in [4.78, 5) is 8.84. The maximum Gasteiger partial charge on any atom is 0.191 e. The van der Waals surface area contributed by atoms with Crippen LogP contribution < -0.4 is 15.4 Å². The number of guanidine groups is 1. The van der Waals surface area contributed by atoms with Crippen LogP contribution in [0.2, 0.25) is 5.02 Å². The summed E-state index contributed by atoms with van der Waals surface area (Å²) in [6, 6.07) is 5.92. The van der Waals surface area contributed by atoms with Crippen molar-refractivity contribution in [2.75, 3.05) is 27.3 Å². The number of benzene rings is 1. The number of aryl methyl sites for hydroxylation is 2. The Hall–Kier alpha value is -1.59. The number of nitrogens with zero attached hydrogens (tertiary/aromatic N) is 4. The van der Waals surface area contributed by atoms with Gasteiger partial charge in [-0.25, -0.2) is 9.67 Å². The Labute approximate surface area is 199 Å². The first-order valence-corrected chi connectivity index (χ1v) is 10.2. The molecule has 1 aromatic carbocycles. The van der Waals surface area contributed by atoms with Crippen molar-refractivity contribution < 1.29 is 9.47 Å². The molecule has 10 heteroatoms. The molecule has 1 aliphatic rings. The number of rotatable bonds is 8. The molecule has 2 N–H and O–H groups in total. The van der Waals surface area contributed by atoms with E-state index >= 15 is 0 Å². The van der Waals surface area contributed by atoms with Crippen LogP contribution in [0, 0.1) is 6.92 Å². The van der Waals surface area contributed by atoms with E-state index in [1.165, 1.54) is 0 Å². The molecule has 0 spiro atoms. The maximum absolute atomic E-state index is 5.97. The normalized spacial score (nSPS) is 15.9. The zero-order valence-electron chi connectivity index (χ0n) is 17.7. The van der Waals surface area contributed by atoms with Crippen molar-refractivity contribution in [2.24, 2.45) is 4.99 Å². The number of fused-ring (bicyclic) bond motifs is 1. The molecule has 2 heterocycles. The Balaban J connectivity index is 0.00000320. The smallest absolute Gasteiger partial charge is 0.191 e. The van der Waals surface area contributed by atoms with Crippen LogP contribution in [0.15, 0.2) is 23.2 Å². The fourth-order valence-corrected chi connectivity index (χ4v) is 3.52. The molecule has 30 heavy (non-hydrogen) atoms. The Kier molecular flexibility index (Phi) is 10.1. The van der Waals surface area contributed by atoms with Crippen molar-refractivity contribution in [3.05, 3.63) is 40.4 Å². The van der Waals surface area contributed by atoms with Crippen LogP contribution in [-0.2, 0) is 24.3 Å². The summed E-state index contributed by atoms with van der Waals surface area (Å²) in [5.41, 5.74) is 1.04. The number of aliphatic imine (C=N–C) groups is 1. The van der Waals surface area contributed by atoms with E-state index in [0.29, 0.717) is 13.2 Å². The van der Waals surface area contributed by atoms with Gasteiger partial charge >= 0.3 is 0 Å². The second-order valence-corrected chi connectivity index (χ2v) is 7.49. The van der Waals surface area contributed by atoms with Gasteiger partial charge in [-0.05, 0) is 43.5 Å². The largest absolute Gasteiger partial charge is 0.493 e. The summed E-state index contributed by atoms with van der Waals surface area (Å²) >= 11 is 5.97. The van der Waals surface area contributed by atoms with E-state index in [1.807, 2.05) is 29.8 Å². The van der Waals surface area contributed by atoms with Crippen LogP contribution in [-0.4, -0.2) is 54.1 Å². The Morgan fingerprint density at radius 3 is 2.97 bits per heavy atom. The number of hydrogen-bond donors (Lipinski definition) is 2. The number of ether oxygens (including phenoxy) is 2. The summed E-state index contributed by atoms with van der Waals surface area (Å²) < 4.78 is 12.9. The molecule has 0 bridgehead atoms. The molecule has 0 radical (unpaired) electrons. The van der Waals surface area contributed by atoms with Gasteiger partial charge in [0.25, 0.3) is 0 Å². The predicted molar refractivity (Wildman–Crippen MR) is 129 cm³/mol. The summed E-state index contributed by atoms with van der Waals surface area (Å²) in [5, 5.41) is 12.1. The molecule has 8 nitrogen and oxygen atoms in total. The standard InChI is InChI=1S/C20H29ClN6O2.HI/c1-14-11-15(21)5-7-17(14)29-10-4-9-23-20(22-2)24-16-6-8-19-25-18(13-28-3)26-27(19)12-16;/h5,7,11,16H,4,6,8-10,12-13H2,1-3H3,(H2,22,23,24);1H. The minimum atomic E-state index is 0. The third kappa shape index (κ3) is 6.98. The van der Waals surface area contributed by atoms with Gasteiger partial charge in [-0.2, -0.15) is 5.10 Å². The van der Waals surface area contributed by atoms with Crippen molar-refractivity contribution in [2.45, 2.75) is 45.4 Å². The molecule has 0 aliphatic carbocycles. The van der Waals surface area contributed by atoms with Crippen LogP contribution in [0.1, 0.15) is 30.1 Å². The highest BCUT2D eigenvalue weighted by molar-refractivity contribution is 14.0. The fourth-order valence-electron chi connectivity index (χ4n) is 3.29. The summed E-state index contributed by atoms with van der Waals surface area (Å²) in [6.45, 7) is 4.60. The van der Waals surface area contributed by atoms with Gasteiger partial charge in [0.2, 0.25) is 0 Å². The lowest BCUT2D eigenvalue weighted by Crippen LogP contribution is -2.47. The van der Waals surface area contributed by atoms with Gasteiger partial charge < -0.3 is 20.1 Å². The lowest BCUT2D eigenvalue weighted by Gasteiger charge is -2.25. The first-order valence-electron chi connectivity index (χ1n) is 9.86. The number of hydrogen-bond acceptors (Lipinski definition) is 5. The SMILES string of the molecule is CN=C(NCCCOc1ccc(Cl)cc1C)NC1CCc2nc(COC)nn2C1.I. The fraction of sp³-hybridized carbons (Fsp3) is 0.550. The highest BCUT2D eigenvalue weighted by Gasteiger charge is 2.22. The average molecular weight is 549 g/mol. The first kappa shape index (κ1) is 24.7. The van der Waals surface area contributed by atoms with Crippen LogP contribution in [0.4, 0.5) is 0 Å². The molecule has 1 unspecified atom stereocenters. The molecule has 0 fully saturated rings. The van der Waals surface area contributed by atoms with Crippen LogP contribution in [0.5, 0.6) is 5.75 Å². The minimum Gasteiger partial charge on any atom is -0.493 e. The van der Waals surface area contributed by atoms with Gasteiger partial charge in [0.05, 0.1) is 13.2 Å². The molecule has 0 amide bonds. The van der Waals surface area contributed by atoms with Crippen molar-refractivity contribution >= 4 is 41.5 Å². The van der Waals surface area contributed by atoms with Gasteiger partial charge in [0.1, 0.15) is 18.2 Å². The number of methoxy groups -OCH3 is 1. The summed E-state index contributed by atoms with van der Waals surface area (Å²) in [7, 11) is 3.44. The third-order valence-corrected chi connectivity index (χ3v) is 4.98. The molecular weight excluding hydrogens is 519 g/mol. The zero-order chi connectivity index (χ0) is 20.6. The topological polar surface area (TPSA) is 85.6 Å². The second-order valence-electron chi connectivity index (χ2n) is 7.05. The average Bonchev–Trinajstić information content (AvgIpc) is 3.10. The van der Waals surface area contributed by atoms with Gasteiger partial charge in [0.15, 0.2) is 11.8 Å². The highest BCUT2D eigenvalue weighted by Crippen LogP contribution is 2.21. The van der Waals surface area contributed by atoms with E-state index in [0.717, 1.165) is 66.3 Å². The van der Waals surface area contributed by atoms with E-state index in [1.54, 1.807) is 14.2 Å². The van der Waals surface area contributed by atoms with E-state index in [4.69, 9.17) is 21.1 Å². The Morgan fingerprint density at radius 1 is 1.40 bits per heavy atom. The molecule has 2 aromatic rings. The molecular formula is C20H30ClIN6O2. The Morgan fingerprint density at radius 2 is 2.23 bits per heavy atom. The quantitative estimate of drug-likeness (QED) is 0.228. The Bertz CT molecular complexity index is 845. The van der Waals surface area contributed by atoms with E-state index in [9.17, 15) is 0 Å². The lowest BCUT2D eigenvalue weighted by atomic mass is 10.1. The summed E-state index contributed by atoms with van der Waals surface area (Å²) in [6.07, 6.45) is 2.74. The second kappa shape index (κ2) is 12.3. The van der Waals surface area contributed by atoms with Crippen molar-refractivity contribution in [1.82, 2.24) is 25.4 Å². The molecule has 1 atom stereocenters. The molecule has 3 rings (SSSR count). The number of nitrogens with one attached hydrogen (secondary N) is 2. The minimum absolute atomic E-state index is 0. The van der Waals surface area contributed by atoms with Crippen LogP contribution in [0.3, 0.4) is 0 Å². The molecule has 166 valence electrons. The molecule has 0 saturated carbocycles. The highest BCUT2D eigenvalue weighted by atomic mass is 127. The number of halogens is 2. The molecule has 1 aliphatic heterocycles. The third-order valence-electron chi connectivity index (χ3n) is 4.75. The maximum atomic E-state index is 5.97. The molecule has 1 aromatic heterocycles. The van der Waals surface area contributed by atoms with E-state index in [-0.39, 0.29) is 30.0 Å². The van der Waals surface area contributed by atoms with Gasteiger partial charge in [-0.3, -0.25) is 4.99 Å². The molecule has 0 saturated heterocycles. The van der Waals surface area contributed by atoms with Crippen molar-refractivity contribution in [1.29, 1.82) is 0 Å². The predicted octanol–water partition coefficient (Wildman–Crippen LogP) is 2.95. The first-order chi connectivity index (χ1) is 14.1. The van der Waals surface area contributed by atoms with Crippen molar-refractivity contribution in [3.8, 4) is 5.75 Å². The number of aromatic nitrogens is 3. The zero-order valence-corrected chi connectivity index (χ0v) is 20.7. The van der Waals surface area contributed by atoms with Crippen LogP contribution in [0.25, 0.3) is 0 Å². The van der Waals surface area contributed by atoms with E-state index < -0.39 is 0 Å². The van der Waals surface area contributed by atoms with Gasteiger partial charge in [-0.15, -0.1) is 24.0 Å². The summed E-state index contributed by atoms with van der Waals surface area (Å²) in [5.74, 6) is 3.42. The monoisotopic (exact) mass is 548 g/mol. The van der Waals surface area contributed by atoms with Gasteiger partial charge in [0, 0.05) is 38.2 Å².